The average molecular weight is 374 g/mol. The number of nitrogens with one attached hydrogen (secondary N) is 1. The van der Waals surface area contributed by atoms with Crippen LogP contribution in [0.4, 0.5) is 0 Å². The Morgan fingerprint density at radius 3 is 2.75 bits per heavy atom. The highest BCUT2D eigenvalue weighted by Gasteiger charge is 2.34. The number of nitrogens with zero attached hydrogens (tertiary/aromatic N) is 1. The van der Waals surface area contributed by atoms with Crippen LogP contribution in [0.5, 0.6) is 0 Å². The van der Waals surface area contributed by atoms with Crippen LogP contribution in [-0.2, 0) is 19.6 Å². The van der Waals surface area contributed by atoms with Crippen molar-refractivity contribution in [1.29, 1.82) is 0 Å². The fourth-order valence-corrected chi connectivity index (χ4v) is 5.50. The third-order valence-electron chi connectivity index (χ3n) is 4.07. The first-order valence-corrected chi connectivity index (χ1v) is 10.0. The Hall–Kier alpha value is -1.45. The standard InChI is InChI=1S/C15H22N2O5S2/c1-10(15(19)20)8-16-14(18)12-4-3-7-17(9-12)24(21,22)13-6-5-11(2)23-13/h5-6,10,12H,3-4,7-9H2,1-2H3,(H,16,18)(H,19,20). The van der Waals surface area contributed by atoms with Crippen LogP contribution in [0.2, 0.25) is 0 Å². The van der Waals surface area contributed by atoms with Crippen molar-refractivity contribution in [2.24, 2.45) is 11.8 Å². The second kappa shape index (κ2) is 7.62. The number of carbonyl (C=O) groups excluding carboxylic acids is 1. The number of hydrogen-bond acceptors (Lipinski definition) is 5. The van der Waals surface area contributed by atoms with Crippen LogP contribution in [0.3, 0.4) is 0 Å². The molecule has 0 spiro atoms. The molecule has 1 aliphatic heterocycles. The van der Waals surface area contributed by atoms with Crippen LogP contribution in [0.25, 0.3) is 0 Å². The van der Waals surface area contributed by atoms with Crippen molar-refractivity contribution in [2.45, 2.75) is 30.9 Å². The highest BCUT2D eigenvalue weighted by molar-refractivity contribution is 7.91. The van der Waals surface area contributed by atoms with Gasteiger partial charge >= 0.3 is 5.97 Å². The minimum absolute atomic E-state index is 0.0432. The molecule has 1 aliphatic rings. The summed E-state index contributed by atoms with van der Waals surface area (Å²) in [6, 6.07) is 3.35. The van der Waals surface area contributed by atoms with Crippen LogP contribution in [-0.4, -0.2) is 49.3 Å². The van der Waals surface area contributed by atoms with E-state index in [2.05, 4.69) is 5.32 Å². The van der Waals surface area contributed by atoms with Gasteiger partial charge in [-0.25, -0.2) is 8.42 Å². The molecule has 1 aromatic heterocycles. The van der Waals surface area contributed by atoms with Gasteiger partial charge in [-0.05, 0) is 31.9 Å². The minimum Gasteiger partial charge on any atom is -0.481 e. The van der Waals surface area contributed by atoms with Crippen molar-refractivity contribution < 1.29 is 23.1 Å². The number of aliphatic carboxylic acids is 1. The molecule has 0 aromatic carbocycles. The first-order chi connectivity index (χ1) is 11.2. The summed E-state index contributed by atoms with van der Waals surface area (Å²) >= 11 is 1.22. The normalized spacial score (nSPS) is 20.5. The number of carboxylic acid groups (broad SMARTS) is 1. The second-order valence-electron chi connectivity index (χ2n) is 6.05. The summed E-state index contributed by atoms with van der Waals surface area (Å²) in [5.41, 5.74) is 0. The molecular weight excluding hydrogens is 352 g/mol. The largest absolute Gasteiger partial charge is 0.481 e. The molecule has 0 radical (unpaired) electrons. The van der Waals surface area contributed by atoms with Crippen molar-refractivity contribution >= 4 is 33.2 Å². The SMILES string of the molecule is Cc1ccc(S(=O)(=O)N2CCCC(C(=O)NCC(C)C(=O)O)C2)s1. The van der Waals surface area contributed by atoms with E-state index in [1.807, 2.05) is 6.92 Å². The lowest BCUT2D eigenvalue weighted by atomic mass is 9.98. The molecule has 1 saturated heterocycles. The van der Waals surface area contributed by atoms with E-state index in [0.29, 0.717) is 23.6 Å². The summed E-state index contributed by atoms with van der Waals surface area (Å²) in [4.78, 5) is 23.9. The Balaban J connectivity index is 2.01. The Morgan fingerprint density at radius 2 is 2.17 bits per heavy atom. The number of aryl methyl sites for hydroxylation is 1. The number of rotatable bonds is 6. The van der Waals surface area contributed by atoms with Gasteiger partial charge in [0.1, 0.15) is 4.21 Å². The van der Waals surface area contributed by atoms with E-state index in [-0.39, 0.29) is 19.0 Å². The molecule has 9 heteroatoms. The van der Waals surface area contributed by atoms with Crippen molar-refractivity contribution in [3.8, 4) is 0 Å². The van der Waals surface area contributed by atoms with Crippen LogP contribution < -0.4 is 5.32 Å². The maximum atomic E-state index is 12.7. The molecule has 2 rings (SSSR count). The summed E-state index contributed by atoms with van der Waals surface area (Å²) in [6.07, 6.45) is 1.21. The Kier molecular flexibility index (Phi) is 6.00. The highest BCUT2D eigenvalue weighted by atomic mass is 32.2. The summed E-state index contributed by atoms with van der Waals surface area (Å²) in [5, 5.41) is 11.5. The molecule has 2 atom stereocenters. The summed E-state index contributed by atoms with van der Waals surface area (Å²) in [5.74, 6) is -2.39. The molecule has 134 valence electrons. The number of carbonyl (C=O) groups is 2. The van der Waals surface area contributed by atoms with Crippen LogP contribution in [0.15, 0.2) is 16.3 Å². The zero-order valence-corrected chi connectivity index (χ0v) is 15.3. The first kappa shape index (κ1) is 18.9. The number of carboxylic acids is 1. The summed E-state index contributed by atoms with van der Waals surface area (Å²) < 4.78 is 26.9. The molecule has 24 heavy (non-hydrogen) atoms. The van der Waals surface area contributed by atoms with Gasteiger partial charge in [0.2, 0.25) is 5.91 Å². The summed E-state index contributed by atoms with van der Waals surface area (Å²) in [7, 11) is -3.57. The fraction of sp³-hybridized carbons (Fsp3) is 0.600. The Labute approximate surface area is 145 Å². The first-order valence-electron chi connectivity index (χ1n) is 7.79. The van der Waals surface area contributed by atoms with Gasteiger partial charge in [-0.15, -0.1) is 11.3 Å². The Bertz CT molecular complexity index is 713. The van der Waals surface area contributed by atoms with E-state index in [1.165, 1.54) is 22.6 Å². The molecule has 1 fully saturated rings. The van der Waals surface area contributed by atoms with Gasteiger partial charge in [-0.2, -0.15) is 4.31 Å². The van der Waals surface area contributed by atoms with Crippen molar-refractivity contribution in [1.82, 2.24) is 9.62 Å². The van der Waals surface area contributed by atoms with Crippen molar-refractivity contribution in [2.75, 3.05) is 19.6 Å². The maximum Gasteiger partial charge on any atom is 0.308 e. The lowest BCUT2D eigenvalue weighted by Crippen LogP contribution is -2.46. The highest BCUT2D eigenvalue weighted by Crippen LogP contribution is 2.28. The van der Waals surface area contributed by atoms with Gasteiger partial charge in [0, 0.05) is 24.5 Å². The maximum absolute atomic E-state index is 12.7. The van der Waals surface area contributed by atoms with E-state index < -0.39 is 27.8 Å². The molecule has 2 unspecified atom stereocenters. The predicted octanol–water partition coefficient (Wildman–Crippen LogP) is 1.29. The van der Waals surface area contributed by atoms with Crippen LogP contribution in [0.1, 0.15) is 24.6 Å². The molecule has 2 heterocycles. The number of thiophene rings is 1. The zero-order chi connectivity index (χ0) is 17.9. The smallest absolute Gasteiger partial charge is 0.308 e. The quantitative estimate of drug-likeness (QED) is 0.781. The number of amides is 1. The molecule has 0 saturated carbocycles. The number of piperidine rings is 1. The third kappa shape index (κ3) is 4.34. The minimum atomic E-state index is -3.57. The van der Waals surface area contributed by atoms with Gasteiger partial charge in [-0.3, -0.25) is 9.59 Å². The number of sulfonamides is 1. The second-order valence-corrected chi connectivity index (χ2v) is 9.50. The third-order valence-corrected chi connectivity index (χ3v) is 7.40. The molecule has 0 aliphatic carbocycles. The van der Waals surface area contributed by atoms with Gasteiger partial charge < -0.3 is 10.4 Å². The lowest BCUT2D eigenvalue weighted by molar-refractivity contribution is -0.141. The van der Waals surface area contributed by atoms with Gasteiger partial charge in [0.25, 0.3) is 10.0 Å². The average Bonchev–Trinajstić information content (AvgIpc) is 2.99. The van der Waals surface area contributed by atoms with E-state index in [1.54, 1.807) is 12.1 Å². The summed E-state index contributed by atoms with van der Waals surface area (Å²) in [6.45, 7) is 3.93. The topological polar surface area (TPSA) is 104 Å². The van der Waals surface area contributed by atoms with E-state index in [0.717, 1.165) is 4.88 Å². The molecule has 2 N–H and O–H groups in total. The lowest BCUT2D eigenvalue weighted by Gasteiger charge is -2.31. The van der Waals surface area contributed by atoms with E-state index in [4.69, 9.17) is 5.11 Å². The molecule has 0 bridgehead atoms. The molecule has 7 nitrogen and oxygen atoms in total. The van der Waals surface area contributed by atoms with Gasteiger partial charge in [0.15, 0.2) is 0 Å². The zero-order valence-electron chi connectivity index (χ0n) is 13.7. The van der Waals surface area contributed by atoms with E-state index in [9.17, 15) is 18.0 Å². The molecule has 1 amide bonds. The fourth-order valence-electron chi connectivity index (χ4n) is 2.54. The monoisotopic (exact) mass is 374 g/mol. The van der Waals surface area contributed by atoms with E-state index >= 15 is 0 Å². The molecule has 1 aromatic rings. The van der Waals surface area contributed by atoms with Gasteiger partial charge in [-0.1, -0.05) is 6.92 Å². The van der Waals surface area contributed by atoms with Crippen molar-refractivity contribution in [3.63, 3.8) is 0 Å². The van der Waals surface area contributed by atoms with Crippen LogP contribution in [0, 0.1) is 18.8 Å². The van der Waals surface area contributed by atoms with Crippen LogP contribution >= 0.6 is 11.3 Å². The van der Waals surface area contributed by atoms with Crippen molar-refractivity contribution in [3.05, 3.63) is 17.0 Å². The Morgan fingerprint density at radius 1 is 1.46 bits per heavy atom. The van der Waals surface area contributed by atoms with Gasteiger partial charge in [0.05, 0.1) is 11.8 Å². The molecular formula is C15H22N2O5S2. The predicted molar refractivity (Wildman–Crippen MR) is 90.3 cm³/mol. The number of hydrogen-bond donors (Lipinski definition) is 2.